The van der Waals surface area contributed by atoms with E-state index in [-0.39, 0.29) is 0 Å². The number of aromatic nitrogens is 2. The Balaban J connectivity index is 1.36. The second-order valence-corrected chi connectivity index (χ2v) is 7.58. The number of para-hydroxylation sites is 1. The molecule has 2 heterocycles. The Morgan fingerprint density at radius 1 is 1.04 bits per heavy atom. The van der Waals surface area contributed by atoms with Gasteiger partial charge in [0.1, 0.15) is 5.69 Å². The third kappa shape index (κ3) is 3.87. The summed E-state index contributed by atoms with van der Waals surface area (Å²) in [7, 11) is 1.99. The summed E-state index contributed by atoms with van der Waals surface area (Å²) in [5, 5.41) is 6.69. The van der Waals surface area contributed by atoms with Gasteiger partial charge in [-0.2, -0.15) is 5.10 Å². The van der Waals surface area contributed by atoms with Crippen molar-refractivity contribution in [1.82, 2.24) is 19.6 Å². The smallest absolute Gasteiger partial charge is 0.116 e. The summed E-state index contributed by atoms with van der Waals surface area (Å²) in [6.45, 7) is 9.52. The third-order valence-corrected chi connectivity index (χ3v) is 5.67. The Morgan fingerprint density at radius 3 is 2.48 bits per heavy atom. The first-order valence-corrected chi connectivity index (χ1v) is 9.82. The fourth-order valence-corrected chi connectivity index (χ4v) is 3.88. The van der Waals surface area contributed by atoms with Crippen LogP contribution in [0, 0.1) is 0 Å². The van der Waals surface area contributed by atoms with Crippen LogP contribution in [-0.2, 0) is 13.5 Å². The highest BCUT2D eigenvalue weighted by Crippen LogP contribution is 2.26. The largest absolute Gasteiger partial charge is 0.368 e. The van der Waals surface area contributed by atoms with Gasteiger partial charge in [-0.25, -0.2) is 0 Å². The molecule has 0 unspecified atom stereocenters. The van der Waals surface area contributed by atoms with Gasteiger partial charge in [0.05, 0.1) is 11.2 Å². The summed E-state index contributed by atoms with van der Waals surface area (Å²) < 4.78 is 1.94. The number of piperazine rings is 1. The Morgan fingerprint density at radius 2 is 1.74 bits per heavy atom. The minimum Gasteiger partial charge on any atom is -0.368 e. The predicted octanol–water partition coefficient (Wildman–Crippen LogP) is 4.06. The Labute approximate surface area is 165 Å². The average molecular weight is 381 g/mol. The SMILES string of the molecule is C=C(c1nn(C)c2ccccc12)N1CCN(CCc2ccc(Cl)cc2)CC1. The van der Waals surface area contributed by atoms with E-state index < -0.39 is 0 Å². The van der Waals surface area contributed by atoms with Crippen LogP contribution < -0.4 is 0 Å². The zero-order valence-corrected chi connectivity index (χ0v) is 16.5. The maximum Gasteiger partial charge on any atom is 0.116 e. The molecule has 4 rings (SSSR count). The molecule has 2 aromatic carbocycles. The molecule has 0 aliphatic carbocycles. The molecule has 0 amide bonds. The van der Waals surface area contributed by atoms with Crippen molar-refractivity contribution in [3.63, 3.8) is 0 Å². The maximum atomic E-state index is 5.96. The lowest BCUT2D eigenvalue weighted by atomic mass is 10.1. The summed E-state index contributed by atoms with van der Waals surface area (Å²) in [6.07, 6.45) is 1.06. The van der Waals surface area contributed by atoms with Crippen LogP contribution >= 0.6 is 11.6 Å². The van der Waals surface area contributed by atoms with E-state index in [9.17, 15) is 0 Å². The van der Waals surface area contributed by atoms with Gasteiger partial charge < -0.3 is 4.90 Å². The van der Waals surface area contributed by atoms with Crippen LogP contribution in [0.5, 0.6) is 0 Å². The van der Waals surface area contributed by atoms with Crippen LogP contribution in [0.2, 0.25) is 5.02 Å². The summed E-state index contributed by atoms with van der Waals surface area (Å²) in [5.74, 6) is 0. The monoisotopic (exact) mass is 380 g/mol. The molecule has 27 heavy (non-hydrogen) atoms. The van der Waals surface area contributed by atoms with E-state index in [1.165, 1.54) is 10.9 Å². The second kappa shape index (κ2) is 7.75. The van der Waals surface area contributed by atoms with Crippen molar-refractivity contribution >= 4 is 28.2 Å². The topological polar surface area (TPSA) is 24.3 Å². The van der Waals surface area contributed by atoms with Crippen LogP contribution in [0.3, 0.4) is 0 Å². The van der Waals surface area contributed by atoms with Gasteiger partial charge in [0.25, 0.3) is 0 Å². The standard InChI is InChI=1S/C22H25ClN4/c1-17(22-20-5-3-4-6-21(20)25(2)24-22)27-15-13-26(14-16-27)12-11-18-7-9-19(23)10-8-18/h3-10H,1,11-16H2,2H3. The van der Waals surface area contributed by atoms with Crippen LogP contribution in [0.4, 0.5) is 0 Å². The Hall–Kier alpha value is -2.30. The van der Waals surface area contributed by atoms with Crippen molar-refractivity contribution in [2.24, 2.45) is 7.05 Å². The van der Waals surface area contributed by atoms with Gasteiger partial charge in [0, 0.05) is 50.2 Å². The predicted molar refractivity (Wildman–Crippen MR) is 113 cm³/mol. The van der Waals surface area contributed by atoms with Gasteiger partial charge in [-0.05, 0) is 30.2 Å². The Kier molecular flexibility index (Phi) is 5.19. The molecular weight excluding hydrogens is 356 g/mol. The molecule has 0 spiro atoms. The molecule has 1 aliphatic rings. The van der Waals surface area contributed by atoms with E-state index in [1.54, 1.807) is 0 Å². The molecule has 5 heteroatoms. The Bertz CT molecular complexity index is 937. The molecule has 140 valence electrons. The number of rotatable bonds is 5. The molecular formula is C22H25ClN4. The van der Waals surface area contributed by atoms with E-state index in [0.29, 0.717) is 0 Å². The van der Waals surface area contributed by atoms with E-state index in [1.807, 2.05) is 23.9 Å². The minimum absolute atomic E-state index is 0.799. The summed E-state index contributed by atoms with van der Waals surface area (Å²) >= 11 is 5.96. The normalized spacial score (nSPS) is 15.4. The number of hydrogen-bond donors (Lipinski definition) is 0. The first-order chi connectivity index (χ1) is 13.1. The lowest BCUT2D eigenvalue weighted by Crippen LogP contribution is -2.45. The van der Waals surface area contributed by atoms with Crippen molar-refractivity contribution in [2.75, 3.05) is 32.7 Å². The third-order valence-electron chi connectivity index (χ3n) is 5.42. The fourth-order valence-electron chi connectivity index (χ4n) is 3.76. The number of hydrogen-bond acceptors (Lipinski definition) is 3. The molecule has 0 radical (unpaired) electrons. The van der Waals surface area contributed by atoms with Gasteiger partial charge >= 0.3 is 0 Å². The van der Waals surface area contributed by atoms with Crippen molar-refractivity contribution < 1.29 is 0 Å². The van der Waals surface area contributed by atoms with Gasteiger partial charge in [-0.3, -0.25) is 9.58 Å². The summed E-state index contributed by atoms with van der Waals surface area (Å²) in [6, 6.07) is 16.5. The van der Waals surface area contributed by atoms with Crippen LogP contribution in [0.25, 0.3) is 16.6 Å². The number of halogens is 1. The van der Waals surface area contributed by atoms with Gasteiger partial charge in [-0.15, -0.1) is 0 Å². The van der Waals surface area contributed by atoms with E-state index >= 15 is 0 Å². The van der Waals surface area contributed by atoms with Gasteiger partial charge in [0.2, 0.25) is 0 Å². The summed E-state index contributed by atoms with van der Waals surface area (Å²) in [5.41, 5.74) is 4.52. The first-order valence-electron chi connectivity index (χ1n) is 9.44. The fraction of sp³-hybridized carbons (Fsp3) is 0.318. The quantitative estimate of drug-likeness (QED) is 0.667. The lowest BCUT2D eigenvalue weighted by Gasteiger charge is -2.36. The number of fused-ring (bicyclic) bond motifs is 1. The zero-order valence-electron chi connectivity index (χ0n) is 15.7. The molecule has 0 bridgehead atoms. The van der Waals surface area contributed by atoms with Gasteiger partial charge in [0.15, 0.2) is 0 Å². The lowest BCUT2D eigenvalue weighted by molar-refractivity contribution is 0.177. The highest BCUT2D eigenvalue weighted by Gasteiger charge is 2.21. The molecule has 0 N–H and O–H groups in total. The molecule has 1 saturated heterocycles. The van der Waals surface area contributed by atoms with Gasteiger partial charge in [-0.1, -0.05) is 48.5 Å². The number of benzene rings is 2. The maximum absolute atomic E-state index is 5.96. The van der Waals surface area contributed by atoms with E-state index in [2.05, 4.69) is 52.8 Å². The second-order valence-electron chi connectivity index (χ2n) is 7.14. The molecule has 0 saturated carbocycles. The molecule has 1 aliphatic heterocycles. The minimum atomic E-state index is 0.799. The van der Waals surface area contributed by atoms with Crippen LogP contribution in [-0.4, -0.2) is 52.3 Å². The van der Waals surface area contributed by atoms with Crippen molar-refractivity contribution in [3.05, 3.63) is 71.4 Å². The first kappa shape index (κ1) is 18.1. The number of aryl methyl sites for hydroxylation is 1. The van der Waals surface area contributed by atoms with Crippen molar-refractivity contribution in [1.29, 1.82) is 0 Å². The number of nitrogens with zero attached hydrogens (tertiary/aromatic N) is 4. The molecule has 0 atom stereocenters. The molecule has 4 nitrogen and oxygen atoms in total. The highest BCUT2D eigenvalue weighted by molar-refractivity contribution is 6.30. The van der Waals surface area contributed by atoms with Crippen LogP contribution in [0.15, 0.2) is 55.1 Å². The van der Waals surface area contributed by atoms with Crippen LogP contribution in [0.1, 0.15) is 11.3 Å². The molecule has 3 aromatic rings. The van der Waals surface area contributed by atoms with E-state index in [0.717, 1.165) is 61.1 Å². The molecule has 1 aromatic heterocycles. The summed E-state index contributed by atoms with van der Waals surface area (Å²) in [4.78, 5) is 4.89. The highest BCUT2D eigenvalue weighted by atomic mass is 35.5. The van der Waals surface area contributed by atoms with Crippen molar-refractivity contribution in [3.8, 4) is 0 Å². The zero-order chi connectivity index (χ0) is 18.8. The van der Waals surface area contributed by atoms with E-state index in [4.69, 9.17) is 16.7 Å². The molecule has 1 fully saturated rings. The average Bonchev–Trinajstić information content (AvgIpc) is 3.04. The van der Waals surface area contributed by atoms with Crippen molar-refractivity contribution in [2.45, 2.75) is 6.42 Å².